The van der Waals surface area contributed by atoms with Crippen LogP contribution in [0.15, 0.2) is 84.0 Å². The number of nitrogens with one attached hydrogen (secondary N) is 2. The Balaban J connectivity index is 1.01. The second-order valence-corrected chi connectivity index (χ2v) is 13.0. The van der Waals surface area contributed by atoms with Crippen molar-refractivity contribution in [2.75, 3.05) is 44.6 Å². The monoisotopic (exact) mass is 662 g/mol. The molecule has 2 aromatic heterocycles. The third-order valence-corrected chi connectivity index (χ3v) is 9.84. The molecule has 1 fully saturated rings. The number of nitrogens with zero attached hydrogens (tertiary/aromatic N) is 5. The number of aromatic nitrogens is 4. The lowest BCUT2D eigenvalue weighted by atomic mass is 10.2. The van der Waals surface area contributed by atoms with Gasteiger partial charge >= 0.3 is 0 Å². The fraction of sp³-hybridized carbons (Fsp3) is 0.226. The van der Waals surface area contributed by atoms with Crippen LogP contribution >= 0.6 is 11.6 Å². The third-order valence-electron chi connectivity index (χ3n) is 7.61. The maximum Gasteiger partial charge on any atom is 0.276 e. The van der Waals surface area contributed by atoms with Crippen LogP contribution in [0, 0.1) is 0 Å². The largest absolute Gasteiger partial charge is 0.493 e. The summed E-state index contributed by atoms with van der Waals surface area (Å²) in [5.41, 5.74) is 7.05. The molecule has 3 aromatic carbocycles. The Morgan fingerprint density at radius 3 is 2.46 bits per heavy atom. The molecule has 15 heteroatoms. The summed E-state index contributed by atoms with van der Waals surface area (Å²) in [6, 6.07) is 20.7. The smallest absolute Gasteiger partial charge is 0.276 e. The predicted molar refractivity (Wildman–Crippen MR) is 173 cm³/mol. The number of benzene rings is 3. The molecule has 46 heavy (non-hydrogen) atoms. The molecule has 3 heterocycles. The summed E-state index contributed by atoms with van der Waals surface area (Å²) in [6.07, 6.45) is 2.03. The van der Waals surface area contributed by atoms with Gasteiger partial charge < -0.3 is 25.7 Å². The Morgan fingerprint density at radius 2 is 1.74 bits per heavy atom. The van der Waals surface area contributed by atoms with Gasteiger partial charge in [-0.3, -0.25) is 14.2 Å². The van der Waals surface area contributed by atoms with Crippen molar-refractivity contribution in [3.63, 3.8) is 0 Å². The zero-order chi connectivity index (χ0) is 32.3. The quantitative estimate of drug-likeness (QED) is 0.181. The van der Waals surface area contributed by atoms with Crippen molar-refractivity contribution in [3.8, 4) is 11.7 Å². The number of H-pyrrole nitrogens is 1. The number of primary amides is 1. The second-order valence-electron chi connectivity index (χ2n) is 10.6. The number of aromatic amines is 1. The van der Waals surface area contributed by atoms with E-state index in [0.29, 0.717) is 60.6 Å². The highest BCUT2D eigenvalue weighted by molar-refractivity contribution is 7.89. The second kappa shape index (κ2) is 13.3. The molecule has 1 aliphatic rings. The lowest BCUT2D eigenvalue weighted by Gasteiger charge is -2.33. The summed E-state index contributed by atoms with van der Waals surface area (Å²) in [4.78, 5) is 39.7. The van der Waals surface area contributed by atoms with E-state index < -0.39 is 21.8 Å². The van der Waals surface area contributed by atoms with Gasteiger partial charge in [-0.2, -0.15) is 4.31 Å². The number of piperazine rings is 1. The van der Waals surface area contributed by atoms with E-state index in [1.54, 1.807) is 48.5 Å². The maximum atomic E-state index is 13.1. The van der Waals surface area contributed by atoms with Crippen molar-refractivity contribution < 1.29 is 22.7 Å². The number of ether oxygens (including phenoxy) is 1. The number of nitrogens with two attached hydrogens (primary N) is 1. The highest BCUT2D eigenvalue weighted by Gasteiger charge is 2.28. The molecule has 0 spiro atoms. The molecule has 6 rings (SSSR count). The van der Waals surface area contributed by atoms with Crippen LogP contribution in [0.1, 0.15) is 27.4 Å². The van der Waals surface area contributed by atoms with Crippen molar-refractivity contribution in [2.24, 2.45) is 5.73 Å². The Kier molecular flexibility index (Phi) is 9.03. The third kappa shape index (κ3) is 6.60. The lowest BCUT2D eigenvalue weighted by Crippen LogP contribution is -2.48. The van der Waals surface area contributed by atoms with Gasteiger partial charge in [0.05, 0.1) is 33.2 Å². The van der Waals surface area contributed by atoms with Gasteiger partial charge in [-0.15, -0.1) is 0 Å². The van der Waals surface area contributed by atoms with E-state index >= 15 is 0 Å². The molecule has 4 N–H and O–H groups in total. The number of rotatable bonds is 11. The Hall–Kier alpha value is -4.76. The minimum Gasteiger partial charge on any atom is -0.493 e. The van der Waals surface area contributed by atoms with Crippen LogP contribution in [-0.2, 0) is 10.0 Å². The lowest BCUT2D eigenvalue weighted by molar-refractivity contribution is 0.0970. The maximum absolute atomic E-state index is 13.1. The average molecular weight is 663 g/mol. The fourth-order valence-corrected chi connectivity index (χ4v) is 6.91. The van der Waals surface area contributed by atoms with Crippen LogP contribution in [0.4, 0.5) is 5.69 Å². The molecule has 2 amide bonds. The van der Waals surface area contributed by atoms with Gasteiger partial charge in [0.1, 0.15) is 17.8 Å². The zero-order valence-corrected chi connectivity index (χ0v) is 26.2. The Labute approximate surface area is 270 Å². The van der Waals surface area contributed by atoms with E-state index in [0.717, 1.165) is 18.5 Å². The van der Waals surface area contributed by atoms with Gasteiger partial charge in [0.15, 0.2) is 5.69 Å². The molecule has 0 aliphatic carbocycles. The van der Waals surface area contributed by atoms with Crippen molar-refractivity contribution >= 4 is 50.2 Å². The molecule has 1 saturated heterocycles. The normalized spacial score (nSPS) is 14.4. The molecule has 0 saturated carbocycles. The molecule has 13 nitrogen and oxygen atoms in total. The number of para-hydroxylation sites is 2. The molecule has 0 bridgehead atoms. The standard InChI is InChI=1S/C31H31ClN8O5S/c32-23-19-21(45-18-6-13-38-14-16-39(17-15-38)46(43,44)22-7-2-1-3-8-22)11-12-24(23)35-30(42)27-28(29(33)41)40(20-34-27)31-36-25-9-4-5-10-26(25)37-31/h1-5,7-12,19-20H,6,13-18H2,(H2,33,41)(H,35,42)(H,36,37). The Bertz CT molecular complexity index is 1960. The number of hydrogen-bond donors (Lipinski definition) is 3. The molecular weight excluding hydrogens is 632 g/mol. The number of imidazole rings is 2. The van der Waals surface area contributed by atoms with Crippen LogP contribution in [0.3, 0.4) is 0 Å². The van der Waals surface area contributed by atoms with E-state index in [1.807, 2.05) is 24.3 Å². The first-order valence-corrected chi connectivity index (χ1v) is 16.4. The van der Waals surface area contributed by atoms with E-state index in [1.165, 1.54) is 15.2 Å². The molecule has 1 aliphatic heterocycles. The molecule has 0 radical (unpaired) electrons. The van der Waals surface area contributed by atoms with Gasteiger partial charge in [-0.05, 0) is 42.8 Å². The molecule has 238 valence electrons. The highest BCUT2D eigenvalue weighted by atomic mass is 35.5. The van der Waals surface area contributed by atoms with Crippen molar-refractivity contribution in [1.29, 1.82) is 0 Å². The SMILES string of the molecule is NC(=O)c1c(C(=O)Nc2ccc(OCCCN3CCN(S(=O)(=O)c4ccccc4)CC3)cc2Cl)ncn1-c1nc2ccccc2[nH]1. The molecule has 5 aromatic rings. The van der Waals surface area contributed by atoms with Crippen LogP contribution in [0.25, 0.3) is 17.0 Å². The van der Waals surface area contributed by atoms with Crippen LogP contribution in [0.2, 0.25) is 5.02 Å². The van der Waals surface area contributed by atoms with Crippen molar-refractivity contribution in [2.45, 2.75) is 11.3 Å². The van der Waals surface area contributed by atoms with Gasteiger partial charge in [0.25, 0.3) is 11.8 Å². The number of hydrogen-bond acceptors (Lipinski definition) is 8. The van der Waals surface area contributed by atoms with E-state index in [-0.39, 0.29) is 16.4 Å². The number of anilines is 1. The van der Waals surface area contributed by atoms with Crippen molar-refractivity contribution in [1.82, 2.24) is 28.7 Å². The van der Waals surface area contributed by atoms with Gasteiger partial charge in [-0.1, -0.05) is 41.9 Å². The van der Waals surface area contributed by atoms with Crippen LogP contribution < -0.4 is 15.8 Å². The summed E-state index contributed by atoms with van der Waals surface area (Å²) in [5, 5.41) is 2.92. The molecule has 0 atom stereocenters. The number of amides is 2. The first-order chi connectivity index (χ1) is 22.2. The minimum atomic E-state index is -3.48. The van der Waals surface area contributed by atoms with Crippen LogP contribution in [-0.4, -0.2) is 88.3 Å². The summed E-state index contributed by atoms with van der Waals surface area (Å²) in [7, 11) is -3.48. The summed E-state index contributed by atoms with van der Waals surface area (Å²) >= 11 is 6.45. The number of sulfonamides is 1. The first kappa shape index (κ1) is 31.2. The van der Waals surface area contributed by atoms with Gasteiger partial charge in [-0.25, -0.2) is 18.4 Å². The van der Waals surface area contributed by atoms with Crippen LogP contribution in [0.5, 0.6) is 5.75 Å². The van der Waals surface area contributed by atoms with Gasteiger partial charge in [0.2, 0.25) is 16.0 Å². The first-order valence-electron chi connectivity index (χ1n) is 14.5. The summed E-state index contributed by atoms with van der Waals surface area (Å²) in [6.45, 7) is 3.32. The van der Waals surface area contributed by atoms with E-state index in [4.69, 9.17) is 22.1 Å². The van der Waals surface area contributed by atoms with E-state index in [2.05, 4.69) is 25.2 Å². The average Bonchev–Trinajstić information content (AvgIpc) is 3.70. The predicted octanol–water partition coefficient (Wildman–Crippen LogP) is 3.53. The zero-order valence-electron chi connectivity index (χ0n) is 24.6. The van der Waals surface area contributed by atoms with Crippen molar-refractivity contribution in [3.05, 3.63) is 95.5 Å². The summed E-state index contributed by atoms with van der Waals surface area (Å²) in [5.74, 6) is -0.707. The fourth-order valence-electron chi connectivity index (χ4n) is 5.25. The van der Waals surface area contributed by atoms with Gasteiger partial charge in [0, 0.05) is 38.8 Å². The Morgan fingerprint density at radius 1 is 1.00 bits per heavy atom. The minimum absolute atomic E-state index is 0.133. The number of halogens is 1. The number of carbonyl (C=O) groups is 2. The topological polar surface area (TPSA) is 169 Å². The molecule has 0 unspecified atom stereocenters. The number of fused-ring (bicyclic) bond motifs is 1. The van der Waals surface area contributed by atoms with E-state index in [9.17, 15) is 18.0 Å². The summed E-state index contributed by atoms with van der Waals surface area (Å²) < 4.78 is 34.4. The molecular formula is C31H31ClN8O5S. The number of carbonyl (C=O) groups excluding carboxylic acids is 2. The highest BCUT2D eigenvalue weighted by Crippen LogP contribution is 2.28.